The minimum Gasteiger partial charge on any atom is -0.445 e. The minimum absolute atomic E-state index is 0.236. The van der Waals surface area contributed by atoms with Gasteiger partial charge in [0.1, 0.15) is 12.4 Å². The Balaban J connectivity index is 1.79. The zero-order valence-electron chi connectivity index (χ0n) is 13.3. The Bertz CT molecular complexity index is 673. The predicted octanol–water partition coefficient (Wildman–Crippen LogP) is 4.38. The van der Waals surface area contributed by atoms with Crippen molar-refractivity contribution in [3.8, 4) is 0 Å². The van der Waals surface area contributed by atoms with Crippen LogP contribution in [0.4, 0.5) is 9.18 Å². The highest BCUT2D eigenvalue weighted by molar-refractivity contribution is 5.67. The molecule has 0 fully saturated rings. The number of aryl methyl sites for hydroxylation is 2. The lowest BCUT2D eigenvalue weighted by atomic mass is 10.0. The fourth-order valence-electron chi connectivity index (χ4n) is 2.28. The zero-order chi connectivity index (χ0) is 16.7. The molecule has 23 heavy (non-hydrogen) atoms. The van der Waals surface area contributed by atoms with Crippen molar-refractivity contribution in [3.05, 3.63) is 76.6 Å². The summed E-state index contributed by atoms with van der Waals surface area (Å²) in [7, 11) is 0. The van der Waals surface area contributed by atoms with Crippen molar-refractivity contribution in [2.45, 2.75) is 20.5 Å². The summed E-state index contributed by atoms with van der Waals surface area (Å²) in [5, 5.41) is 2.65. The third-order valence-corrected chi connectivity index (χ3v) is 3.42. The number of ether oxygens (including phenoxy) is 1. The summed E-state index contributed by atoms with van der Waals surface area (Å²) in [5.74, 6) is -0.236. The second-order valence-electron chi connectivity index (χ2n) is 5.30. The zero-order valence-corrected chi connectivity index (χ0v) is 13.3. The van der Waals surface area contributed by atoms with E-state index in [1.807, 2.05) is 56.3 Å². The van der Waals surface area contributed by atoms with Crippen molar-refractivity contribution < 1.29 is 13.9 Å². The quantitative estimate of drug-likeness (QED) is 0.889. The molecular weight excluding hydrogens is 293 g/mol. The molecule has 3 nitrogen and oxygen atoms in total. The van der Waals surface area contributed by atoms with Crippen LogP contribution in [0.2, 0.25) is 0 Å². The number of hydrogen-bond acceptors (Lipinski definition) is 2. The van der Waals surface area contributed by atoms with E-state index in [4.69, 9.17) is 4.74 Å². The number of carbonyl (C=O) groups excluding carboxylic acids is 1. The van der Waals surface area contributed by atoms with Gasteiger partial charge in [0.15, 0.2) is 0 Å². The third kappa shape index (κ3) is 5.25. The van der Waals surface area contributed by atoms with Crippen LogP contribution in [0.1, 0.15) is 22.3 Å². The summed E-state index contributed by atoms with van der Waals surface area (Å²) in [6.07, 6.45) is 3.23. The van der Waals surface area contributed by atoms with Crippen molar-refractivity contribution in [2.24, 2.45) is 0 Å². The van der Waals surface area contributed by atoms with Gasteiger partial charge in [0.05, 0.1) is 0 Å². The van der Waals surface area contributed by atoms with Crippen molar-refractivity contribution in [1.82, 2.24) is 5.32 Å². The number of rotatable bonds is 5. The van der Waals surface area contributed by atoms with E-state index in [-0.39, 0.29) is 12.4 Å². The molecule has 2 aromatic carbocycles. The van der Waals surface area contributed by atoms with Crippen molar-refractivity contribution >= 4 is 12.2 Å². The maximum atomic E-state index is 13.2. The lowest BCUT2D eigenvalue weighted by Crippen LogP contribution is -2.24. The Morgan fingerprint density at radius 2 is 1.83 bits per heavy atom. The summed E-state index contributed by atoms with van der Waals surface area (Å²) < 4.78 is 18.3. The SMILES string of the molecule is Cc1cc(F)cc(C)c1C=CCNC(=O)OCc1ccccc1. The van der Waals surface area contributed by atoms with Crippen LogP contribution >= 0.6 is 0 Å². The number of carbonyl (C=O) groups is 1. The molecule has 0 heterocycles. The summed E-state index contributed by atoms with van der Waals surface area (Å²) in [4.78, 5) is 11.6. The maximum Gasteiger partial charge on any atom is 0.407 e. The smallest absolute Gasteiger partial charge is 0.407 e. The van der Waals surface area contributed by atoms with Crippen LogP contribution < -0.4 is 5.32 Å². The highest BCUT2D eigenvalue weighted by Crippen LogP contribution is 2.17. The third-order valence-electron chi connectivity index (χ3n) is 3.42. The molecule has 0 radical (unpaired) electrons. The molecule has 120 valence electrons. The molecule has 0 aliphatic rings. The molecule has 0 saturated carbocycles. The van der Waals surface area contributed by atoms with Crippen LogP contribution in [-0.2, 0) is 11.3 Å². The lowest BCUT2D eigenvalue weighted by molar-refractivity contribution is 0.141. The second-order valence-corrected chi connectivity index (χ2v) is 5.30. The van der Waals surface area contributed by atoms with E-state index < -0.39 is 6.09 Å². The molecule has 4 heteroatoms. The molecule has 2 rings (SSSR count). The van der Waals surface area contributed by atoms with Crippen LogP contribution in [0.3, 0.4) is 0 Å². The van der Waals surface area contributed by atoms with Crippen LogP contribution in [-0.4, -0.2) is 12.6 Å². The van der Waals surface area contributed by atoms with E-state index in [0.29, 0.717) is 6.54 Å². The first-order valence-electron chi connectivity index (χ1n) is 7.44. The predicted molar refractivity (Wildman–Crippen MR) is 89.5 cm³/mol. The maximum absolute atomic E-state index is 13.2. The number of amides is 1. The van der Waals surface area contributed by atoms with Gasteiger partial charge >= 0.3 is 6.09 Å². The minimum atomic E-state index is -0.467. The van der Waals surface area contributed by atoms with E-state index in [1.54, 1.807) is 0 Å². The average molecular weight is 313 g/mol. The first-order chi connectivity index (χ1) is 11.1. The van der Waals surface area contributed by atoms with Gasteiger partial charge in [-0.25, -0.2) is 9.18 Å². The molecule has 0 aromatic heterocycles. The van der Waals surface area contributed by atoms with E-state index in [1.165, 1.54) is 12.1 Å². The number of nitrogens with one attached hydrogen (secondary N) is 1. The van der Waals surface area contributed by atoms with Gasteiger partial charge < -0.3 is 10.1 Å². The molecule has 0 aliphatic heterocycles. The van der Waals surface area contributed by atoms with Gasteiger partial charge in [0, 0.05) is 6.54 Å². The van der Waals surface area contributed by atoms with Crippen LogP contribution in [0.25, 0.3) is 6.08 Å². The number of benzene rings is 2. The second kappa shape index (κ2) is 8.13. The van der Waals surface area contributed by atoms with Crippen molar-refractivity contribution in [1.29, 1.82) is 0 Å². The van der Waals surface area contributed by atoms with Gasteiger partial charge in [0.2, 0.25) is 0 Å². The Labute approximate surface area is 135 Å². The summed E-state index contributed by atoms with van der Waals surface area (Å²) in [5.41, 5.74) is 3.64. The molecule has 0 unspecified atom stereocenters. The molecule has 1 amide bonds. The van der Waals surface area contributed by atoms with Crippen LogP contribution in [0, 0.1) is 19.7 Å². The molecule has 0 saturated heterocycles. The fraction of sp³-hybridized carbons (Fsp3) is 0.211. The number of alkyl carbamates (subject to hydrolysis) is 1. The van der Waals surface area contributed by atoms with E-state index >= 15 is 0 Å². The number of hydrogen-bond donors (Lipinski definition) is 1. The fourth-order valence-corrected chi connectivity index (χ4v) is 2.28. The first kappa shape index (κ1) is 16.7. The summed E-state index contributed by atoms with van der Waals surface area (Å²) in [6.45, 7) is 4.31. The first-order valence-corrected chi connectivity index (χ1v) is 7.44. The largest absolute Gasteiger partial charge is 0.445 e. The van der Waals surface area contributed by atoms with E-state index in [0.717, 1.165) is 22.3 Å². The lowest BCUT2D eigenvalue weighted by Gasteiger charge is -2.07. The number of halogens is 1. The Hall–Kier alpha value is -2.62. The van der Waals surface area contributed by atoms with Crippen molar-refractivity contribution in [2.75, 3.05) is 6.54 Å². The Morgan fingerprint density at radius 1 is 1.17 bits per heavy atom. The molecule has 1 N–H and O–H groups in total. The standard InChI is InChI=1S/C19H20FNO2/c1-14-11-17(20)12-15(2)18(14)9-6-10-21-19(22)23-13-16-7-4-3-5-8-16/h3-9,11-12H,10,13H2,1-2H3,(H,21,22). The molecule has 2 aromatic rings. The Kier molecular flexibility index (Phi) is 5.92. The van der Waals surface area contributed by atoms with Gasteiger partial charge in [0.25, 0.3) is 0 Å². The Morgan fingerprint density at radius 3 is 2.48 bits per heavy atom. The van der Waals surface area contributed by atoms with Gasteiger partial charge in [-0.3, -0.25) is 0 Å². The van der Waals surface area contributed by atoms with Gasteiger partial charge in [-0.2, -0.15) is 0 Å². The average Bonchev–Trinajstić information content (AvgIpc) is 2.52. The van der Waals surface area contributed by atoms with Crippen LogP contribution in [0.15, 0.2) is 48.5 Å². The molecular formula is C19H20FNO2. The highest BCUT2D eigenvalue weighted by atomic mass is 19.1. The van der Waals surface area contributed by atoms with Crippen molar-refractivity contribution in [3.63, 3.8) is 0 Å². The summed E-state index contributed by atoms with van der Waals surface area (Å²) in [6, 6.07) is 12.5. The van der Waals surface area contributed by atoms with Crippen LogP contribution in [0.5, 0.6) is 0 Å². The summed E-state index contributed by atoms with van der Waals surface area (Å²) >= 11 is 0. The molecule has 0 atom stereocenters. The van der Waals surface area contributed by atoms with Gasteiger partial charge in [-0.1, -0.05) is 42.5 Å². The van der Waals surface area contributed by atoms with Gasteiger partial charge in [-0.05, 0) is 48.2 Å². The molecule has 0 spiro atoms. The topological polar surface area (TPSA) is 38.3 Å². The molecule has 0 aliphatic carbocycles. The highest BCUT2D eigenvalue weighted by Gasteiger charge is 2.03. The monoisotopic (exact) mass is 313 g/mol. The molecule has 0 bridgehead atoms. The normalized spacial score (nSPS) is 10.7. The van der Waals surface area contributed by atoms with E-state index in [2.05, 4.69) is 5.32 Å². The van der Waals surface area contributed by atoms with E-state index in [9.17, 15) is 9.18 Å². The van der Waals surface area contributed by atoms with Gasteiger partial charge in [-0.15, -0.1) is 0 Å².